The minimum atomic E-state index is -0.00863. The summed E-state index contributed by atoms with van der Waals surface area (Å²) in [6.45, 7) is 2.97. The molecule has 1 aliphatic carbocycles. The number of hydrogen-bond donors (Lipinski definition) is 1. The highest BCUT2D eigenvalue weighted by molar-refractivity contribution is 9.11. The van der Waals surface area contributed by atoms with Gasteiger partial charge in [0.2, 0.25) is 0 Å². The first kappa shape index (κ1) is 13.1. The Morgan fingerprint density at radius 3 is 2.82 bits per heavy atom. The molecule has 1 saturated carbocycles. The van der Waals surface area contributed by atoms with Crippen LogP contribution in [0.5, 0.6) is 0 Å². The predicted molar refractivity (Wildman–Crippen MR) is 76.1 cm³/mol. The molecular weight excluding hydrogens is 346 g/mol. The van der Waals surface area contributed by atoms with Crippen LogP contribution in [0.4, 0.5) is 0 Å². The van der Waals surface area contributed by atoms with Crippen molar-refractivity contribution in [2.75, 3.05) is 6.54 Å². The molecule has 0 aromatic heterocycles. The fourth-order valence-electron chi connectivity index (χ4n) is 1.85. The van der Waals surface area contributed by atoms with Gasteiger partial charge in [-0.3, -0.25) is 4.79 Å². The third-order valence-electron chi connectivity index (χ3n) is 3.18. The number of halogens is 2. The molecule has 1 unspecified atom stereocenters. The Balaban J connectivity index is 1.96. The van der Waals surface area contributed by atoms with E-state index in [0.29, 0.717) is 11.5 Å². The molecule has 1 aromatic carbocycles. The predicted octanol–water partition coefficient (Wildman–Crippen LogP) is 3.99. The highest BCUT2D eigenvalue weighted by Crippen LogP contribution is 2.36. The fraction of sp³-hybridized carbons (Fsp3) is 0.462. The summed E-state index contributed by atoms with van der Waals surface area (Å²) in [6.07, 6.45) is 2.63. The van der Waals surface area contributed by atoms with Crippen LogP contribution in [0.15, 0.2) is 27.1 Å². The van der Waals surface area contributed by atoms with Gasteiger partial charge in [0.25, 0.3) is 5.91 Å². The molecule has 0 heterocycles. The van der Waals surface area contributed by atoms with E-state index >= 15 is 0 Å². The third-order valence-corrected chi connectivity index (χ3v) is 4.37. The molecule has 92 valence electrons. The second-order valence-corrected chi connectivity index (χ2v) is 6.42. The molecule has 1 aromatic rings. The standard InChI is InChI=1S/C13H15Br2NO/c1-8(9-2-3-9)7-16-13(17)11-6-10(14)4-5-12(11)15/h4-6,8-9H,2-3,7H2,1H3,(H,16,17). The van der Waals surface area contributed by atoms with Crippen LogP contribution >= 0.6 is 31.9 Å². The molecule has 1 fully saturated rings. The van der Waals surface area contributed by atoms with Gasteiger partial charge in [-0.25, -0.2) is 0 Å². The molecule has 1 amide bonds. The van der Waals surface area contributed by atoms with Crippen molar-refractivity contribution in [2.24, 2.45) is 11.8 Å². The van der Waals surface area contributed by atoms with E-state index in [4.69, 9.17) is 0 Å². The van der Waals surface area contributed by atoms with Crippen molar-refractivity contribution < 1.29 is 4.79 Å². The quantitative estimate of drug-likeness (QED) is 0.864. The number of carbonyl (C=O) groups is 1. The van der Waals surface area contributed by atoms with Crippen LogP contribution in [0.25, 0.3) is 0 Å². The second-order valence-electron chi connectivity index (χ2n) is 4.65. The first-order chi connectivity index (χ1) is 8.08. The van der Waals surface area contributed by atoms with Gasteiger partial charge in [-0.15, -0.1) is 0 Å². The van der Waals surface area contributed by atoms with Gasteiger partial charge in [-0.2, -0.15) is 0 Å². The summed E-state index contributed by atoms with van der Waals surface area (Å²) < 4.78 is 1.75. The van der Waals surface area contributed by atoms with Crippen LogP contribution in [0.3, 0.4) is 0 Å². The van der Waals surface area contributed by atoms with Crippen molar-refractivity contribution in [1.29, 1.82) is 0 Å². The summed E-state index contributed by atoms with van der Waals surface area (Å²) in [6, 6.07) is 5.62. The maximum atomic E-state index is 12.0. The fourth-order valence-corrected chi connectivity index (χ4v) is 2.64. The number of nitrogens with one attached hydrogen (secondary N) is 1. The van der Waals surface area contributed by atoms with E-state index in [-0.39, 0.29) is 5.91 Å². The Bertz CT molecular complexity index is 429. The van der Waals surface area contributed by atoms with Crippen LogP contribution in [-0.2, 0) is 0 Å². The Hall–Kier alpha value is -0.350. The minimum Gasteiger partial charge on any atom is -0.352 e. The van der Waals surface area contributed by atoms with Crippen molar-refractivity contribution in [3.8, 4) is 0 Å². The molecule has 0 spiro atoms. The molecule has 0 saturated heterocycles. The molecule has 2 nitrogen and oxygen atoms in total. The van der Waals surface area contributed by atoms with E-state index in [1.54, 1.807) is 0 Å². The number of hydrogen-bond acceptors (Lipinski definition) is 1. The molecule has 4 heteroatoms. The van der Waals surface area contributed by atoms with Crippen LogP contribution in [0, 0.1) is 11.8 Å². The van der Waals surface area contributed by atoms with Gasteiger partial charge in [-0.05, 0) is 58.8 Å². The van der Waals surface area contributed by atoms with Gasteiger partial charge in [-0.1, -0.05) is 22.9 Å². The molecule has 17 heavy (non-hydrogen) atoms. The normalized spacial score (nSPS) is 16.6. The lowest BCUT2D eigenvalue weighted by Gasteiger charge is -2.12. The van der Waals surface area contributed by atoms with Gasteiger partial charge in [0.15, 0.2) is 0 Å². The number of carbonyl (C=O) groups excluding carboxylic acids is 1. The topological polar surface area (TPSA) is 29.1 Å². The molecule has 1 aliphatic rings. The summed E-state index contributed by atoms with van der Waals surface area (Å²) in [4.78, 5) is 12.0. The van der Waals surface area contributed by atoms with Gasteiger partial charge in [0, 0.05) is 15.5 Å². The van der Waals surface area contributed by atoms with E-state index in [1.807, 2.05) is 18.2 Å². The monoisotopic (exact) mass is 359 g/mol. The molecule has 1 atom stereocenters. The lowest BCUT2D eigenvalue weighted by molar-refractivity contribution is 0.0946. The van der Waals surface area contributed by atoms with E-state index < -0.39 is 0 Å². The summed E-state index contributed by atoms with van der Waals surface area (Å²) in [7, 11) is 0. The summed E-state index contributed by atoms with van der Waals surface area (Å²) in [5, 5.41) is 3.00. The average molecular weight is 361 g/mol. The van der Waals surface area contributed by atoms with E-state index in [9.17, 15) is 4.79 Å². The highest BCUT2D eigenvalue weighted by Gasteiger charge is 2.28. The zero-order valence-corrected chi connectivity index (χ0v) is 12.8. The molecule has 0 aliphatic heterocycles. The summed E-state index contributed by atoms with van der Waals surface area (Å²) in [5.41, 5.74) is 0.683. The molecular formula is C13H15Br2NO. The van der Waals surface area contributed by atoms with Gasteiger partial charge >= 0.3 is 0 Å². The van der Waals surface area contributed by atoms with Crippen molar-refractivity contribution in [2.45, 2.75) is 19.8 Å². The van der Waals surface area contributed by atoms with Crippen molar-refractivity contribution >= 4 is 37.8 Å². The summed E-state index contributed by atoms with van der Waals surface area (Å²) in [5.74, 6) is 1.40. The van der Waals surface area contributed by atoms with Crippen LogP contribution in [-0.4, -0.2) is 12.5 Å². The van der Waals surface area contributed by atoms with Crippen molar-refractivity contribution in [1.82, 2.24) is 5.32 Å². The number of amides is 1. The summed E-state index contributed by atoms with van der Waals surface area (Å²) >= 11 is 6.77. The highest BCUT2D eigenvalue weighted by atomic mass is 79.9. The Morgan fingerprint density at radius 1 is 1.47 bits per heavy atom. The lowest BCUT2D eigenvalue weighted by atomic mass is 10.1. The van der Waals surface area contributed by atoms with Crippen molar-refractivity contribution in [3.05, 3.63) is 32.7 Å². The Kier molecular flexibility index (Phi) is 4.26. The third kappa shape index (κ3) is 3.55. The Labute approximate surface area is 118 Å². The maximum absolute atomic E-state index is 12.0. The Morgan fingerprint density at radius 2 is 2.18 bits per heavy atom. The zero-order chi connectivity index (χ0) is 12.4. The van der Waals surface area contributed by atoms with E-state index in [0.717, 1.165) is 21.4 Å². The zero-order valence-electron chi connectivity index (χ0n) is 9.67. The van der Waals surface area contributed by atoms with Crippen LogP contribution in [0.2, 0.25) is 0 Å². The lowest BCUT2D eigenvalue weighted by Crippen LogP contribution is -2.29. The largest absolute Gasteiger partial charge is 0.352 e. The molecule has 0 radical (unpaired) electrons. The SMILES string of the molecule is CC(CNC(=O)c1cc(Br)ccc1Br)C1CC1. The molecule has 2 rings (SSSR count). The number of rotatable bonds is 4. The smallest absolute Gasteiger partial charge is 0.252 e. The van der Waals surface area contributed by atoms with Gasteiger partial charge < -0.3 is 5.32 Å². The van der Waals surface area contributed by atoms with Gasteiger partial charge in [0.05, 0.1) is 5.56 Å². The second kappa shape index (κ2) is 5.53. The van der Waals surface area contributed by atoms with Gasteiger partial charge in [0.1, 0.15) is 0 Å². The first-order valence-corrected chi connectivity index (χ1v) is 7.40. The minimum absolute atomic E-state index is 0.00863. The number of benzene rings is 1. The average Bonchev–Trinajstić information content (AvgIpc) is 3.12. The molecule has 0 bridgehead atoms. The molecule has 1 N–H and O–H groups in total. The van der Waals surface area contributed by atoms with E-state index in [1.165, 1.54) is 12.8 Å². The van der Waals surface area contributed by atoms with Crippen molar-refractivity contribution in [3.63, 3.8) is 0 Å². The van der Waals surface area contributed by atoms with Crippen LogP contribution in [0.1, 0.15) is 30.1 Å². The maximum Gasteiger partial charge on any atom is 0.252 e. The van der Waals surface area contributed by atoms with E-state index in [2.05, 4.69) is 44.1 Å². The first-order valence-electron chi connectivity index (χ1n) is 5.81. The van der Waals surface area contributed by atoms with Crippen LogP contribution < -0.4 is 5.32 Å².